The van der Waals surface area contributed by atoms with Crippen molar-refractivity contribution in [2.24, 2.45) is 0 Å². The molecule has 7 nitrogen and oxygen atoms in total. The molecule has 0 radical (unpaired) electrons. The van der Waals surface area contributed by atoms with Crippen LogP contribution in [0, 0.1) is 10.1 Å². The summed E-state index contributed by atoms with van der Waals surface area (Å²) in [6.45, 7) is 1.44. The standard InChI is InChI=1S/C16H12N4O3/c1-11(21)16(10-12-6-8-13(9-7-12)20(22)23)19-15-5-3-2-4-14(15)17-18-19/h2-10H,1H3/b16-10-. The molecule has 1 heterocycles. The normalized spacial score (nSPS) is 11.6. The highest BCUT2D eigenvalue weighted by molar-refractivity contribution is 6.19. The Labute approximate surface area is 131 Å². The summed E-state index contributed by atoms with van der Waals surface area (Å²) in [5.41, 5.74) is 2.41. The third kappa shape index (κ3) is 2.84. The molecule has 1 aromatic heterocycles. The molecule has 0 atom stereocenters. The van der Waals surface area contributed by atoms with Gasteiger partial charge in [-0.3, -0.25) is 14.9 Å². The van der Waals surface area contributed by atoms with Gasteiger partial charge in [0.15, 0.2) is 5.78 Å². The van der Waals surface area contributed by atoms with Gasteiger partial charge in [0.1, 0.15) is 11.2 Å². The number of nitro benzene ring substituents is 1. The van der Waals surface area contributed by atoms with Gasteiger partial charge < -0.3 is 0 Å². The third-order valence-electron chi connectivity index (χ3n) is 3.35. The van der Waals surface area contributed by atoms with Crippen molar-refractivity contribution in [3.8, 4) is 0 Å². The number of para-hydroxylation sites is 1. The molecule has 0 saturated heterocycles. The first-order valence-corrected chi connectivity index (χ1v) is 6.84. The van der Waals surface area contributed by atoms with Gasteiger partial charge in [0, 0.05) is 19.1 Å². The van der Waals surface area contributed by atoms with Crippen LogP contribution in [0.25, 0.3) is 22.8 Å². The number of rotatable bonds is 4. The molecule has 0 bridgehead atoms. The molecule has 0 spiro atoms. The smallest absolute Gasteiger partial charge is 0.269 e. The number of non-ortho nitro benzene ring substituents is 1. The lowest BCUT2D eigenvalue weighted by molar-refractivity contribution is -0.384. The molecule has 0 aliphatic carbocycles. The average Bonchev–Trinajstić information content (AvgIpc) is 2.96. The van der Waals surface area contributed by atoms with Crippen LogP contribution >= 0.6 is 0 Å². The van der Waals surface area contributed by atoms with E-state index in [-0.39, 0.29) is 11.5 Å². The zero-order chi connectivity index (χ0) is 16.4. The summed E-state index contributed by atoms with van der Waals surface area (Å²) in [6.07, 6.45) is 1.63. The van der Waals surface area contributed by atoms with Crippen molar-refractivity contribution in [2.45, 2.75) is 6.92 Å². The first-order valence-electron chi connectivity index (χ1n) is 6.84. The number of ketones is 1. The lowest BCUT2D eigenvalue weighted by Crippen LogP contribution is -2.07. The maximum Gasteiger partial charge on any atom is 0.269 e. The predicted molar refractivity (Wildman–Crippen MR) is 85.5 cm³/mol. The maximum atomic E-state index is 12.0. The summed E-state index contributed by atoms with van der Waals surface area (Å²) in [6, 6.07) is 13.3. The molecular weight excluding hydrogens is 296 g/mol. The van der Waals surface area contributed by atoms with Gasteiger partial charge in [-0.25, -0.2) is 4.68 Å². The Hall–Kier alpha value is -3.35. The van der Waals surface area contributed by atoms with Gasteiger partial charge in [-0.15, -0.1) is 5.10 Å². The van der Waals surface area contributed by atoms with E-state index in [2.05, 4.69) is 10.3 Å². The van der Waals surface area contributed by atoms with Crippen molar-refractivity contribution in [2.75, 3.05) is 0 Å². The summed E-state index contributed by atoms with van der Waals surface area (Å²) in [7, 11) is 0. The van der Waals surface area contributed by atoms with E-state index in [9.17, 15) is 14.9 Å². The van der Waals surface area contributed by atoms with Crippen LogP contribution in [0.15, 0.2) is 48.5 Å². The number of benzene rings is 2. The predicted octanol–water partition coefficient (Wildman–Crippen LogP) is 2.93. The lowest BCUT2D eigenvalue weighted by atomic mass is 10.1. The van der Waals surface area contributed by atoms with Crippen molar-refractivity contribution >= 4 is 34.3 Å². The molecule has 7 heteroatoms. The third-order valence-corrected chi connectivity index (χ3v) is 3.35. The van der Waals surface area contributed by atoms with Crippen molar-refractivity contribution in [3.05, 3.63) is 64.2 Å². The Kier molecular flexibility index (Phi) is 3.68. The molecule has 0 saturated carbocycles. The summed E-state index contributed by atoms with van der Waals surface area (Å²) in [5.74, 6) is -0.181. The van der Waals surface area contributed by atoms with Gasteiger partial charge in [-0.2, -0.15) is 0 Å². The van der Waals surface area contributed by atoms with Crippen LogP contribution in [0.2, 0.25) is 0 Å². The number of carbonyl (C=O) groups is 1. The van der Waals surface area contributed by atoms with Gasteiger partial charge in [-0.05, 0) is 35.9 Å². The molecule has 0 aliphatic heterocycles. The molecule has 0 amide bonds. The fourth-order valence-corrected chi connectivity index (χ4v) is 2.21. The molecule has 0 N–H and O–H groups in total. The quantitative estimate of drug-likeness (QED) is 0.420. The molecule has 0 unspecified atom stereocenters. The molecule has 0 aliphatic rings. The first kappa shape index (κ1) is 14.6. The van der Waals surface area contributed by atoms with Crippen LogP contribution in [0.5, 0.6) is 0 Å². The second kappa shape index (κ2) is 5.80. The minimum atomic E-state index is -0.468. The van der Waals surface area contributed by atoms with Gasteiger partial charge in [-0.1, -0.05) is 17.3 Å². The van der Waals surface area contributed by atoms with Crippen LogP contribution in [0.4, 0.5) is 5.69 Å². The number of nitro groups is 1. The summed E-state index contributed by atoms with van der Waals surface area (Å²) < 4.78 is 1.47. The fraction of sp³-hybridized carbons (Fsp3) is 0.0625. The molecular formula is C16H12N4O3. The van der Waals surface area contributed by atoms with Gasteiger partial charge in [0.05, 0.1) is 10.4 Å². The van der Waals surface area contributed by atoms with Crippen LogP contribution in [-0.4, -0.2) is 25.7 Å². The van der Waals surface area contributed by atoms with Crippen LogP contribution in [-0.2, 0) is 4.79 Å². The molecule has 3 rings (SSSR count). The highest BCUT2D eigenvalue weighted by Crippen LogP contribution is 2.19. The highest BCUT2D eigenvalue weighted by Gasteiger charge is 2.13. The Morgan fingerprint density at radius 3 is 2.52 bits per heavy atom. The number of hydrogen-bond acceptors (Lipinski definition) is 5. The van der Waals surface area contributed by atoms with Gasteiger partial charge in [0.25, 0.3) is 5.69 Å². The monoisotopic (exact) mass is 308 g/mol. The molecule has 0 fully saturated rings. The molecule has 114 valence electrons. The largest absolute Gasteiger partial charge is 0.293 e. The number of Topliss-reactive ketones (excluding diaryl/α,β-unsaturated/α-hetero) is 1. The second-order valence-electron chi connectivity index (χ2n) is 4.92. The average molecular weight is 308 g/mol. The second-order valence-corrected chi connectivity index (χ2v) is 4.92. The van der Waals surface area contributed by atoms with Crippen LogP contribution in [0.1, 0.15) is 12.5 Å². The molecule has 23 heavy (non-hydrogen) atoms. The fourth-order valence-electron chi connectivity index (χ4n) is 2.21. The van der Waals surface area contributed by atoms with Crippen LogP contribution in [0.3, 0.4) is 0 Å². The number of aromatic nitrogens is 3. The van der Waals surface area contributed by atoms with E-state index in [1.165, 1.54) is 23.7 Å². The number of fused-ring (bicyclic) bond motifs is 1. The van der Waals surface area contributed by atoms with Crippen molar-refractivity contribution in [3.63, 3.8) is 0 Å². The van der Waals surface area contributed by atoms with E-state index < -0.39 is 4.92 Å². The number of carbonyl (C=O) groups excluding carboxylic acids is 1. The summed E-state index contributed by atoms with van der Waals surface area (Å²) >= 11 is 0. The minimum absolute atomic E-state index is 0.00210. The molecule has 3 aromatic rings. The van der Waals surface area contributed by atoms with E-state index in [0.717, 1.165) is 5.52 Å². The topological polar surface area (TPSA) is 90.9 Å². The zero-order valence-electron chi connectivity index (χ0n) is 12.2. The summed E-state index contributed by atoms with van der Waals surface area (Å²) in [4.78, 5) is 22.2. The highest BCUT2D eigenvalue weighted by atomic mass is 16.6. The van der Waals surface area contributed by atoms with Crippen molar-refractivity contribution < 1.29 is 9.72 Å². The first-order chi connectivity index (χ1) is 11.1. The van der Waals surface area contributed by atoms with Crippen molar-refractivity contribution in [1.29, 1.82) is 0 Å². The van der Waals surface area contributed by atoms with Crippen molar-refractivity contribution in [1.82, 2.24) is 15.0 Å². The van der Waals surface area contributed by atoms with E-state index in [1.54, 1.807) is 18.2 Å². The van der Waals surface area contributed by atoms with Gasteiger partial charge >= 0.3 is 0 Å². The minimum Gasteiger partial charge on any atom is -0.293 e. The van der Waals surface area contributed by atoms with E-state index in [4.69, 9.17) is 0 Å². The van der Waals surface area contributed by atoms with E-state index in [0.29, 0.717) is 16.8 Å². The SMILES string of the molecule is CC(=O)/C(=C/c1ccc([N+](=O)[O-])cc1)n1nnc2ccccc21. The number of hydrogen-bond donors (Lipinski definition) is 0. The van der Waals surface area contributed by atoms with Gasteiger partial charge in [0.2, 0.25) is 0 Å². The Bertz CT molecular complexity index is 926. The van der Waals surface area contributed by atoms with E-state index in [1.807, 2.05) is 24.3 Å². The number of nitrogens with zero attached hydrogens (tertiary/aromatic N) is 4. The Morgan fingerprint density at radius 1 is 1.17 bits per heavy atom. The Balaban J connectivity index is 2.08. The zero-order valence-corrected chi connectivity index (χ0v) is 12.2. The molecule has 2 aromatic carbocycles. The Morgan fingerprint density at radius 2 is 1.87 bits per heavy atom. The summed E-state index contributed by atoms with van der Waals surface area (Å²) in [5, 5.41) is 18.7. The lowest BCUT2D eigenvalue weighted by Gasteiger charge is -2.05. The van der Waals surface area contributed by atoms with Crippen LogP contribution < -0.4 is 0 Å². The van der Waals surface area contributed by atoms with E-state index >= 15 is 0 Å². The number of allylic oxidation sites excluding steroid dienone is 1. The maximum absolute atomic E-state index is 12.0.